The van der Waals surface area contributed by atoms with E-state index in [2.05, 4.69) is 10.6 Å². The first-order valence-electron chi connectivity index (χ1n) is 6.29. The molecule has 1 aromatic carbocycles. The van der Waals surface area contributed by atoms with Crippen LogP contribution < -0.4 is 10.6 Å². The molecule has 0 heterocycles. The minimum absolute atomic E-state index is 0.160. The standard InChI is InChI=1S/C13H16F2N2O4S/c1-8(18)16-12(5-6-22(2,20)21)13(19)17-11-4-3-9(14)7-10(11)15/h3-4,7,12H,5-6H2,1-2H3,(H,16,18)(H,17,19)/t12-/m0/s1. The molecule has 1 aromatic rings. The Balaban J connectivity index is 2.84. The Kier molecular flexibility index (Phi) is 5.98. The minimum Gasteiger partial charge on any atom is -0.345 e. The van der Waals surface area contributed by atoms with E-state index < -0.39 is 39.3 Å². The fourth-order valence-electron chi connectivity index (χ4n) is 1.66. The third kappa shape index (κ3) is 6.17. The molecule has 0 aliphatic carbocycles. The Morgan fingerprint density at radius 1 is 1.27 bits per heavy atom. The fraction of sp³-hybridized carbons (Fsp3) is 0.385. The number of sulfone groups is 1. The molecule has 2 amide bonds. The second kappa shape index (κ2) is 7.30. The average molecular weight is 334 g/mol. The molecule has 0 spiro atoms. The van der Waals surface area contributed by atoms with Gasteiger partial charge in [0.15, 0.2) is 0 Å². The van der Waals surface area contributed by atoms with Gasteiger partial charge in [0.2, 0.25) is 11.8 Å². The van der Waals surface area contributed by atoms with E-state index in [1.165, 1.54) is 6.92 Å². The van der Waals surface area contributed by atoms with Gasteiger partial charge in [-0.05, 0) is 18.6 Å². The summed E-state index contributed by atoms with van der Waals surface area (Å²) in [4.78, 5) is 23.1. The van der Waals surface area contributed by atoms with Gasteiger partial charge in [-0.15, -0.1) is 0 Å². The highest BCUT2D eigenvalue weighted by Crippen LogP contribution is 2.15. The van der Waals surface area contributed by atoms with Crippen LogP contribution in [0.2, 0.25) is 0 Å². The molecule has 2 N–H and O–H groups in total. The number of hydrogen-bond donors (Lipinski definition) is 2. The van der Waals surface area contributed by atoms with Crippen LogP contribution in [0, 0.1) is 11.6 Å². The van der Waals surface area contributed by atoms with Crippen molar-refractivity contribution in [2.24, 2.45) is 0 Å². The molecule has 6 nitrogen and oxygen atoms in total. The molecule has 0 saturated carbocycles. The largest absolute Gasteiger partial charge is 0.345 e. The van der Waals surface area contributed by atoms with Crippen molar-refractivity contribution in [1.29, 1.82) is 0 Å². The Bertz CT molecular complexity index is 677. The van der Waals surface area contributed by atoms with Crippen LogP contribution in [0.5, 0.6) is 0 Å². The number of rotatable bonds is 6. The molecule has 22 heavy (non-hydrogen) atoms. The second-order valence-corrected chi connectivity index (χ2v) is 7.04. The number of anilines is 1. The summed E-state index contributed by atoms with van der Waals surface area (Å²) in [6.45, 7) is 1.17. The lowest BCUT2D eigenvalue weighted by Crippen LogP contribution is -2.44. The van der Waals surface area contributed by atoms with Gasteiger partial charge >= 0.3 is 0 Å². The first kappa shape index (κ1) is 18.0. The summed E-state index contributed by atoms with van der Waals surface area (Å²) in [5.41, 5.74) is -0.263. The summed E-state index contributed by atoms with van der Waals surface area (Å²) in [5, 5.41) is 4.48. The third-order valence-corrected chi connectivity index (χ3v) is 3.64. The lowest BCUT2D eigenvalue weighted by molar-refractivity contribution is -0.125. The molecular formula is C13H16F2N2O4S. The summed E-state index contributed by atoms with van der Waals surface area (Å²) >= 11 is 0. The zero-order valence-corrected chi connectivity index (χ0v) is 12.8. The molecule has 1 rings (SSSR count). The van der Waals surface area contributed by atoms with Crippen molar-refractivity contribution in [2.75, 3.05) is 17.3 Å². The van der Waals surface area contributed by atoms with Crippen LogP contribution in [0.1, 0.15) is 13.3 Å². The molecule has 0 unspecified atom stereocenters. The Morgan fingerprint density at radius 2 is 1.91 bits per heavy atom. The SMILES string of the molecule is CC(=O)N[C@@H](CCS(C)(=O)=O)C(=O)Nc1ccc(F)cc1F. The number of carbonyl (C=O) groups is 2. The van der Waals surface area contributed by atoms with Crippen molar-refractivity contribution in [3.05, 3.63) is 29.8 Å². The predicted octanol–water partition coefficient (Wildman–Crippen LogP) is 0.843. The molecule has 0 aliphatic rings. The lowest BCUT2D eigenvalue weighted by atomic mass is 10.2. The summed E-state index contributed by atoms with van der Waals surface area (Å²) in [7, 11) is -3.33. The molecule has 1 atom stereocenters. The number of hydrogen-bond acceptors (Lipinski definition) is 4. The van der Waals surface area contributed by atoms with Crippen LogP contribution >= 0.6 is 0 Å². The van der Waals surface area contributed by atoms with E-state index in [9.17, 15) is 26.8 Å². The smallest absolute Gasteiger partial charge is 0.247 e. The third-order valence-electron chi connectivity index (χ3n) is 2.66. The van der Waals surface area contributed by atoms with Crippen molar-refractivity contribution in [3.63, 3.8) is 0 Å². The zero-order chi connectivity index (χ0) is 16.9. The highest BCUT2D eigenvalue weighted by atomic mass is 32.2. The first-order chi connectivity index (χ1) is 10.1. The zero-order valence-electron chi connectivity index (χ0n) is 12.0. The number of nitrogens with one attached hydrogen (secondary N) is 2. The fourth-order valence-corrected chi connectivity index (χ4v) is 2.32. The van der Waals surface area contributed by atoms with Gasteiger partial charge in [-0.1, -0.05) is 0 Å². The molecule has 0 fully saturated rings. The Morgan fingerprint density at radius 3 is 2.41 bits per heavy atom. The molecule has 0 bridgehead atoms. The first-order valence-corrected chi connectivity index (χ1v) is 8.35. The molecule has 0 aromatic heterocycles. The number of carbonyl (C=O) groups excluding carboxylic acids is 2. The van der Waals surface area contributed by atoms with Gasteiger partial charge in [-0.25, -0.2) is 17.2 Å². The lowest BCUT2D eigenvalue weighted by Gasteiger charge is -2.17. The van der Waals surface area contributed by atoms with Crippen LogP contribution in [0.3, 0.4) is 0 Å². The summed E-state index contributed by atoms with van der Waals surface area (Å²) < 4.78 is 48.6. The van der Waals surface area contributed by atoms with Crippen molar-refractivity contribution in [1.82, 2.24) is 5.32 Å². The summed E-state index contributed by atoms with van der Waals surface area (Å²) in [5.74, 6) is -3.42. The van der Waals surface area contributed by atoms with Crippen LogP contribution in [0.25, 0.3) is 0 Å². The van der Waals surface area contributed by atoms with Crippen LogP contribution in [-0.2, 0) is 19.4 Å². The maximum Gasteiger partial charge on any atom is 0.247 e. The molecule has 0 aliphatic heterocycles. The summed E-state index contributed by atoms with van der Waals surface area (Å²) in [6, 6.07) is 1.45. The van der Waals surface area contributed by atoms with Gasteiger partial charge in [0.25, 0.3) is 0 Å². The highest BCUT2D eigenvalue weighted by molar-refractivity contribution is 7.90. The number of amides is 2. The van der Waals surface area contributed by atoms with E-state index in [1.54, 1.807) is 0 Å². The predicted molar refractivity (Wildman–Crippen MR) is 76.9 cm³/mol. The van der Waals surface area contributed by atoms with E-state index in [4.69, 9.17) is 0 Å². The van der Waals surface area contributed by atoms with Crippen molar-refractivity contribution >= 4 is 27.3 Å². The maximum atomic E-state index is 13.5. The van der Waals surface area contributed by atoms with E-state index in [0.717, 1.165) is 18.4 Å². The van der Waals surface area contributed by atoms with Gasteiger partial charge in [-0.2, -0.15) is 0 Å². The van der Waals surface area contributed by atoms with Crippen molar-refractivity contribution in [3.8, 4) is 0 Å². The molecule has 9 heteroatoms. The molecular weight excluding hydrogens is 318 g/mol. The van der Waals surface area contributed by atoms with Gasteiger partial charge in [-0.3, -0.25) is 9.59 Å². The van der Waals surface area contributed by atoms with E-state index >= 15 is 0 Å². The van der Waals surface area contributed by atoms with Gasteiger partial charge < -0.3 is 10.6 Å². The van der Waals surface area contributed by atoms with Crippen molar-refractivity contribution < 1.29 is 26.8 Å². The molecule has 0 saturated heterocycles. The Labute approximate surface area is 126 Å². The number of halogens is 2. The van der Waals surface area contributed by atoms with Crippen LogP contribution in [-0.4, -0.2) is 38.3 Å². The van der Waals surface area contributed by atoms with E-state index in [1.807, 2.05) is 0 Å². The molecule has 0 radical (unpaired) electrons. The second-order valence-electron chi connectivity index (χ2n) is 4.79. The monoisotopic (exact) mass is 334 g/mol. The van der Waals surface area contributed by atoms with Gasteiger partial charge in [0.05, 0.1) is 11.4 Å². The van der Waals surface area contributed by atoms with E-state index in [0.29, 0.717) is 6.07 Å². The van der Waals surface area contributed by atoms with Gasteiger partial charge in [0, 0.05) is 19.2 Å². The summed E-state index contributed by atoms with van der Waals surface area (Å²) in [6.07, 6.45) is 0.836. The number of benzene rings is 1. The topological polar surface area (TPSA) is 92.3 Å². The quantitative estimate of drug-likeness (QED) is 0.806. The van der Waals surface area contributed by atoms with Gasteiger partial charge in [0.1, 0.15) is 27.5 Å². The van der Waals surface area contributed by atoms with E-state index in [-0.39, 0.29) is 17.9 Å². The highest BCUT2D eigenvalue weighted by Gasteiger charge is 2.22. The van der Waals surface area contributed by atoms with Crippen LogP contribution in [0.15, 0.2) is 18.2 Å². The Hall–Kier alpha value is -2.03. The van der Waals surface area contributed by atoms with Crippen molar-refractivity contribution in [2.45, 2.75) is 19.4 Å². The minimum atomic E-state index is -3.33. The molecule has 122 valence electrons. The van der Waals surface area contributed by atoms with Crippen LogP contribution in [0.4, 0.5) is 14.5 Å². The average Bonchev–Trinajstić information content (AvgIpc) is 2.36. The maximum absolute atomic E-state index is 13.5. The normalized spacial score (nSPS) is 12.5.